The van der Waals surface area contributed by atoms with Gasteiger partial charge in [0.2, 0.25) is 0 Å². The van der Waals surface area contributed by atoms with Gasteiger partial charge in [-0.15, -0.1) is 0 Å². The van der Waals surface area contributed by atoms with Crippen LogP contribution in [0.4, 0.5) is 4.79 Å². The zero-order valence-corrected chi connectivity index (χ0v) is 10.6. The van der Waals surface area contributed by atoms with Crippen LogP contribution in [0.1, 0.15) is 33.6 Å². The number of esters is 1. The summed E-state index contributed by atoms with van der Waals surface area (Å²) in [6.45, 7) is 6.04. The van der Waals surface area contributed by atoms with E-state index in [0.717, 1.165) is 12.8 Å². The Bertz CT molecular complexity index is 231. The van der Waals surface area contributed by atoms with Crippen LogP contribution in [-0.2, 0) is 9.53 Å². The van der Waals surface area contributed by atoms with E-state index in [2.05, 4.69) is 12.2 Å². The van der Waals surface area contributed by atoms with Crippen molar-refractivity contribution >= 4 is 12.0 Å². The third-order valence-corrected chi connectivity index (χ3v) is 2.38. The Morgan fingerprint density at radius 3 is 2.50 bits per heavy atom. The van der Waals surface area contributed by atoms with E-state index in [1.807, 2.05) is 6.92 Å². The van der Waals surface area contributed by atoms with E-state index in [1.54, 1.807) is 18.9 Å². The van der Waals surface area contributed by atoms with Crippen molar-refractivity contribution in [3.8, 4) is 0 Å². The van der Waals surface area contributed by atoms with Gasteiger partial charge in [0.15, 0.2) is 0 Å². The highest BCUT2D eigenvalue weighted by atomic mass is 16.5. The fourth-order valence-corrected chi connectivity index (χ4v) is 1.30. The second kappa shape index (κ2) is 7.96. The smallest absolute Gasteiger partial charge is 0.325 e. The lowest BCUT2D eigenvalue weighted by atomic mass is 10.2. The number of carbonyl (C=O) groups excluding carboxylic acids is 2. The van der Waals surface area contributed by atoms with E-state index >= 15 is 0 Å². The van der Waals surface area contributed by atoms with Crippen molar-refractivity contribution in [1.82, 2.24) is 10.2 Å². The molecule has 16 heavy (non-hydrogen) atoms. The molecule has 94 valence electrons. The van der Waals surface area contributed by atoms with E-state index in [9.17, 15) is 9.59 Å². The molecule has 0 fully saturated rings. The maximum Gasteiger partial charge on any atom is 0.325 e. The van der Waals surface area contributed by atoms with E-state index in [-0.39, 0.29) is 18.6 Å². The van der Waals surface area contributed by atoms with Crippen molar-refractivity contribution in [2.24, 2.45) is 0 Å². The molecule has 0 saturated carbocycles. The zero-order valence-electron chi connectivity index (χ0n) is 10.6. The molecule has 0 radical (unpaired) electrons. The van der Waals surface area contributed by atoms with Crippen LogP contribution < -0.4 is 5.32 Å². The molecule has 0 aliphatic heterocycles. The SMILES string of the molecule is CCCC(C)N(C)C(=O)NCC(=O)OCC. The summed E-state index contributed by atoms with van der Waals surface area (Å²) in [4.78, 5) is 24.2. The predicted octanol–water partition coefficient (Wildman–Crippen LogP) is 1.38. The number of urea groups is 1. The Balaban J connectivity index is 3.91. The number of nitrogens with one attached hydrogen (secondary N) is 1. The van der Waals surface area contributed by atoms with Gasteiger partial charge < -0.3 is 15.0 Å². The first-order valence-electron chi connectivity index (χ1n) is 5.69. The second-order valence-electron chi connectivity index (χ2n) is 3.71. The minimum absolute atomic E-state index is 0.0736. The number of amides is 2. The minimum Gasteiger partial charge on any atom is -0.465 e. The van der Waals surface area contributed by atoms with Crippen LogP contribution in [0.2, 0.25) is 0 Å². The van der Waals surface area contributed by atoms with Crippen LogP contribution in [0.15, 0.2) is 0 Å². The molecule has 2 amide bonds. The quantitative estimate of drug-likeness (QED) is 0.701. The summed E-state index contributed by atoms with van der Waals surface area (Å²) in [5.41, 5.74) is 0. The highest BCUT2D eigenvalue weighted by Gasteiger charge is 2.15. The van der Waals surface area contributed by atoms with E-state index in [4.69, 9.17) is 4.74 Å². The van der Waals surface area contributed by atoms with Gasteiger partial charge in [-0.05, 0) is 20.3 Å². The molecule has 0 aliphatic rings. The number of rotatable bonds is 6. The summed E-state index contributed by atoms with van der Waals surface area (Å²) in [7, 11) is 1.72. The first-order chi connectivity index (χ1) is 7.52. The lowest BCUT2D eigenvalue weighted by Gasteiger charge is -2.24. The molecule has 0 rings (SSSR count). The molecule has 0 heterocycles. The molecule has 1 atom stereocenters. The topological polar surface area (TPSA) is 58.6 Å². The number of ether oxygens (including phenoxy) is 1. The molecule has 5 nitrogen and oxygen atoms in total. The normalized spacial score (nSPS) is 11.8. The van der Waals surface area contributed by atoms with Crippen LogP contribution >= 0.6 is 0 Å². The van der Waals surface area contributed by atoms with Crippen molar-refractivity contribution in [3.63, 3.8) is 0 Å². The maximum absolute atomic E-state index is 11.6. The molecule has 0 bridgehead atoms. The summed E-state index contributed by atoms with van der Waals surface area (Å²) in [6.07, 6.45) is 1.97. The van der Waals surface area contributed by atoms with Crippen molar-refractivity contribution < 1.29 is 14.3 Å². The summed E-state index contributed by atoms with van der Waals surface area (Å²) >= 11 is 0. The number of carbonyl (C=O) groups is 2. The van der Waals surface area contributed by atoms with Crippen LogP contribution in [0.25, 0.3) is 0 Å². The highest BCUT2D eigenvalue weighted by molar-refractivity contribution is 5.80. The van der Waals surface area contributed by atoms with Gasteiger partial charge in [0.25, 0.3) is 0 Å². The van der Waals surface area contributed by atoms with Crippen molar-refractivity contribution in [2.45, 2.75) is 39.7 Å². The van der Waals surface area contributed by atoms with Gasteiger partial charge in [0.05, 0.1) is 6.61 Å². The zero-order chi connectivity index (χ0) is 12.6. The average Bonchev–Trinajstić information content (AvgIpc) is 2.25. The maximum atomic E-state index is 11.6. The monoisotopic (exact) mass is 230 g/mol. The molecular weight excluding hydrogens is 208 g/mol. The number of hydrogen-bond acceptors (Lipinski definition) is 3. The van der Waals surface area contributed by atoms with Crippen molar-refractivity contribution in [1.29, 1.82) is 0 Å². The van der Waals surface area contributed by atoms with E-state index in [0.29, 0.717) is 6.61 Å². The average molecular weight is 230 g/mol. The Kier molecular flexibility index (Phi) is 7.33. The van der Waals surface area contributed by atoms with E-state index < -0.39 is 5.97 Å². The molecule has 5 heteroatoms. The van der Waals surface area contributed by atoms with Gasteiger partial charge in [-0.25, -0.2) is 4.79 Å². The largest absolute Gasteiger partial charge is 0.465 e. The van der Waals surface area contributed by atoms with Gasteiger partial charge in [0, 0.05) is 13.1 Å². The minimum atomic E-state index is -0.410. The first kappa shape index (κ1) is 14.7. The standard InChI is InChI=1S/C11H22N2O3/c1-5-7-9(3)13(4)11(15)12-8-10(14)16-6-2/h9H,5-8H2,1-4H3,(H,12,15). The molecule has 0 saturated heterocycles. The first-order valence-corrected chi connectivity index (χ1v) is 5.69. The van der Waals surface area contributed by atoms with Crippen LogP contribution in [0.3, 0.4) is 0 Å². The number of nitrogens with zero attached hydrogens (tertiary/aromatic N) is 1. The second-order valence-corrected chi connectivity index (χ2v) is 3.71. The Hall–Kier alpha value is -1.26. The van der Waals surface area contributed by atoms with E-state index in [1.165, 1.54) is 0 Å². The Labute approximate surface area is 97.1 Å². The molecule has 0 aromatic heterocycles. The summed E-state index contributed by atoms with van der Waals surface area (Å²) in [5.74, 6) is -0.410. The lowest BCUT2D eigenvalue weighted by molar-refractivity contribution is -0.141. The molecule has 0 spiro atoms. The number of hydrogen-bond donors (Lipinski definition) is 1. The molecular formula is C11H22N2O3. The highest BCUT2D eigenvalue weighted by Crippen LogP contribution is 2.03. The van der Waals surface area contributed by atoms with Crippen LogP contribution in [0, 0.1) is 0 Å². The van der Waals surface area contributed by atoms with Gasteiger partial charge in [-0.3, -0.25) is 4.79 Å². The van der Waals surface area contributed by atoms with Gasteiger partial charge in [-0.1, -0.05) is 13.3 Å². The lowest BCUT2D eigenvalue weighted by Crippen LogP contribution is -2.44. The van der Waals surface area contributed by atoms with Crippen molar-refractivity contribution in [2.75, 3.05) is 20.2 Å². The fraction of sp³-hybridized carbons (Fsp3) is 0.818. The third-order valence-electron chi connectivity index (χ3n) is 2.38. The molecule has 1 unspecified atom stereocenters. The Morgan fingerprint density at radius 1 is 1.38 bits per heavy atom. The predicted molar refractivity (Wildman–Crippen MR) is 62.2 cm³/mol. The van der Waals surface area contributed by atoms with Crippen molar-refractivity contribution in [3.05, 3.63) is 0 Å². The summed E-state index contributed by atoms with van der Waals surface area (Å²) < 4.78 is 4.71. The van der Waals surface area contributed by atoms with Crippen LogP contribution in [0.5, 0.6) is 0 Å². The Morgan fingerprint density at radius 2 is 2.00 bits per heavy atom. The van der Waals surface area contributed by atoms with Gasteiger partial charge in [0.1, 0.15) is 6.54 Å². The third kappa shape index (κ3) is 5.58. The summed E-state index contributed by atoms with van der Waals surface area (Å²) in [6, 6.07) is -0.0683. The molecule has 0 aromatic rings. The molecule has 0 aromatic carbocycles. The summed E-state index contributed by atoms with van der Waals surface area (Å²) in [5, 5.41) is 2.52. The molecule has 1 N–H and O–H groups in total. The fourth-order valence-electron chi connectivity index (χ4n) is 1.30. The van der Waals surface area contributed by atoms with Gasteiger partial charge in [-0.2, -0.15) is 0 Å². The van der Waals surface area contributed by atoms with Crippen LogP contribution in [-0.4, -0.2) is 43.1 Å². The molecule has 0 aliphatic carbocycles. The van der Waals surface area contributed by atoms with Gasteiger partial charge >= 0.3 is 12.0 Å².